The topological polar surface area (TPSA) is 69.7 Å². The minimum absolute atomic E-state index is 0.0498. The molecule has 25 heavy (non-hydrogen) atoms. The van der Waals surface area contributed by atoms with E-state index in [4.69, 9.17) is 0 Å². The lowest BCUT2D eigenvalue weighted by molar-refractivity contribution is -0.137. The lowest BCUT2D eigenvalue weighted by Gasteiger charge is -2.38. The van der Waals surface area contributed by atoms with Crippen LogP contribution < -0.4 is 4.72 Å². The number of sulfonamides is 1. The molecule has 0 saturated carbocycles. The third-order valence-electron chi connectivity index (χ3n) is 4.70. The highest BCUT2D eigenvalue weighted by molar-refractivity contribution is 7.88. The van der Waals surface area contributed by atoms with E-state index in [9.17, 15) is 13.2 Å². The Balaban J connectivity index is 2.16. The molecule has 1 N–H and O–H groups in total. The number of likely N-dealkylation sites (N-methyl/N-ethyl adjacent to an activating group) is 1. The number of benzene rings is 1. The molecule has 1 amide bonds. The van der Waals surface area contributed by atoms with Crippen molar-refractivity contribution >= 4 is 15.9 Å². The van der Waals surface area contributed by atoms with Crippen molar-refractivity contribution in [1.82, 2.24) is 14.5 Å². The Morgan fingerprint density at radius 2 is 1.76 bits per heavy atom. The highest BCUT2D eigenvalue weighted by Gasteiger charge is 2.33. The Morgan fingerprint density at radius 1 is 1.20 bits per heavy atom. The zero-order valence-electron chi connectivity index (χ0n) is 15.3. The van der Waals surface area contributed by atoms with Crippen LogP contribution in [-0.4, -0.2) is 62.6 Å². The number of piperidine rings is 1. The zero-order valence-corrected chi connectivity index (χ0v) is 16.1. The Bertz CT molecular complexity index is 651. The summed E-state index contributed by atoms with van der Waals surface area (Å²) >= 11 is 0. The standard InChI is InChI=1S/C18H29N3O3S/c1-4-20(5-2)18(22)17(15-9-7-6-8-10-15)21-13-11-16(12-14-21)19-25(3,23)24/h6-10,16-17,19H,4-5,11-14H2,1-3H3. The molecule has 1 heterocycles. The quantitative estimate of drug-likeness (QED) is 0.795. The van der Waals surface area contributed by atoms with Crippen LogP contribution in [0.25, 0.3) is 0 Å². The van der Waals surface area contributed by atoms with Crippen LogP contribution in [0.4, 0.5) is 0 Å². The van der Waals surface area contributed by atoms with Gasteiger partial charge in [0.2, 0.25) is 15.9 Å². The van der Waals surface area contributed by atoms with Gasteiger partial charge in [0.25, 0.3) is 0 Å². The molecule has 1 aromatic rings. The van der Waals surface area contributed by atoms with E-state index in [0.29, 0.717) is 39.0 Å². The largest absolute Gasteiger partial charge is 0.342 e. The van der Waals surface area contributed by atoms with E-state index in [2.05, 4.69) is 9.62 Å². The molecular weight excluding hydrogens is 338 g/mol. The second-order valence-electron chi connectivity index (χ2n) is 6.52. The number of hydrogen-bond donors (Lipinski definition) is 1. The molecule has 6 nitrogen and oxygen atoms in total. The van der Waals surface area contributed by atoms with Gasteiger partial charge in [-0.2, -0.15) is 0 Å². The molecule has 140 valence electrons. The summed E-state index contributed by atoms with van der Waals surface area (Å²) in [6.07, 6.45) is 2.61. The summed E-state index contributed by atoms with van der Waals surface area (Å²) in [6, 6.07) is 9.49. The van der Waals surface area contributed by atoms with E-state index in [1.54, 1.807) is 0 Å². The number of carbonyl (C=O) groups excluding carboxylic acids is 1. The van der Waals surface area contributed by atoms with Crippen molar-refractivity contribution in [2.45, 2.75) is 38.8 Å². The molecule has 1 unspecified atom stereocenters. The second kappa shape index (κ2) is 8.78. The average molecular weight is 368 g/mol. The van der Waals surface area contributed by atoms with Crippen molar-refractivity contribution in [2.75, 3.05) is 32.4 Å². The fourth-order valence-electron chi connectivity index (χ4n) is 3.43. The van der Waals surface area contributed by atoms with Gasteiger partial charge in [-0.1, -0.05) is 30.3 Å². The van der Waals surface area contributed by atoms with E-state index in [1.807, 2.05) is 49.1 Å². The van der Waals surface area contributed by atoms with E-state index in [-0.39, 0.29) is 18.0 Å². The van der Waals surface area contributed by atoms with Gasteiger partial charge in [0.1, 0.15) is 6.04 Å². The minimum atomic E-state index is -3.19. The molecule has 1 aliphatic heterocycles. The van der Waals surface area contributed by atoms with Crippen LogP contribution in [0.1, 0.15) is 38.3 Å². The van der Waals surface area contributed by atoms with Gasteiger partial charge < -0.3 is 4.90 Å². The highest BCUT2D eigenvalue weighted by atomic mass is 32.2. The lowest BCUT2D eigenvalue weighted by atomic mass is 9.98. The predicted octanol–water partition coefficient (Wildman–Crippen LogP) is 1.61. The van der Waals surface area contributed by atoms with Gasteiger partial charge in [-0.3, -0.25) is 9.69 Å². The van der Waals surface area contributed by atoms with E-state index in [0.717, 1.165) is 5.56 Å². The van der Waals surface area contributed by atoms with Crippen molar-refractivity contribution in [3.8, 4) is 0 Å². The number of nitrogens with one attached hydrogen (secondary N) is 1. The van der Waals surface area contributed by atoms with Crippen LogP contribution in [0.15, 0.2) is 30.3 Å². The van der Waals surface area contributed by atoms with E-state index < -0.39 is 10.0 Å². The summed E-state index contributed by atoms with van der Waals surface area (Å²) < 4.78 is 25.5. The molecule has 0 radical (unpaired) electrons. The summed E-state index contributed by atoms with van der Waals surface area (Å²) in [5.74, 6) is 0.116. The maximum atomic E-state index is 13.1. The maximum absolute atomic E-state index is 13.1. The van der Waals surface area contributed by atoms with Crippen molar-refractivity contribution in [3.05, 3.63) is 35.9 Å². The van der Waals surface area contributed by atoms with Gasteiger partial charge in [0.05, 0.1) is 6.26 Å². The fourth-order valence-corrected chi connectivity index (χ4v) is 4.27. The van der Waals surface area contributed by atoms with Crippen molar-refractivity contribution in [3.63, 3.8) is 0 Å². The molecule has 2 rings (SSSR count). The van der Waals surface area contributed by atoms with Crippen molar-refractivity contribution < 1.29 is 13.2 Å². The molecule has 0 aromatic heterocycles. The molecular formula is C18H29N3O3S. The molecule has 1 aromatic carbocycles. The molecule has 1 fully saturated rings. The average Bonchev–Trinajstić information content (AvgIpc) is 2.57. The number of rotatable bonds is 7. The summed E-state index contributed by atoms with van der Waals surface area (Å²) in [7, 11) is -3.19. The van der Waals surface area contributed by atoms with Crippen LogP contribution >= 0.6 is 0 Å². The predicted molar refractivity (Wildman–Crippen MR) is 99.7 cm³/mol. The summed E-state index contributed by atoms with van der Waals surface area (Å²) in [5, 5.41) is 0. The molecule has 0 spiro atoms. The number of amides is 1. The van der Waals surface area contributed by atoms with Gasteiger partial charge in [0, 0.05) is 32.2 Å². The van der Waals surface area contributed by atoms with E-state index >= 15 is 0 Å². The number of nitrogens with zero attached hydrogens (tertiary/aromatic N) is 2. The zero-order chi connectivity index (χ0) is 18.4. The van der Waals surface area contributed by atoms with Gasteiger partial charge >= 0.3 is 0 Å². The normalized spacial score (nSPS) is 18.0. The molecule has 0 bridgehead atoms. The van der Waals surface area contributed by atoms with Gasteiger partial charge in [-0.25, -0.2) is 13.1 Å². The minimum Gasteiger partial charge on any atom is -0.342 e. The first-order valence-corrected chi connectivity index (χ1v) is 10.8. The SMILES string of the molecule is CCN(CC)C(=O)C(c1ccccc1)N1CCC(NS(C)(=O)=O)CC1. The van der Waals surface area contributed by atoms with Crippen LogP contribution in [0.3, 0.4) is 0 Å². The van der Waals surface area contributed by atoms with Crippen molar-refractivity contribution in [2.24, 2.45) is 0 Å². The lowest BCUT2D eigenvalue weighted by Crippen LogP contribution is -2.49. The molecule has 1 aliphatic rings. The van der Waals surface area contributed by atoms with Crippen LogP contribution in [0.2, 0.25) is 0 Å². The molecule has 1 saturated heterocycles. The summed E-state index contributed by atoms with van der Waals surface area (Å²) in [6.45, 7) is 6.74. The molecule has 7 heteroatoms. The Morgan fingerprint density at radius 3 is 2.24 bits per heavy atom. The summed E-state index contributed by atoms with van der Waals surface area (Å²) in [5.41, 5.74) is 0.994. The number of hydrogen-bond acceptors (Lipinski definition) is 4. The van der Waals surface area contributed by atoms with E-state index in [1.165, 1.54) is 6.26 Å². The van der Waals surface area contributed by atoms with Gasteiger partial charge in [0.15, 0.2) is 0 Å². The Hall–Kier alpha value is -1.44. The number of likely N-dealkylation sites (tertiary alicyclic amines) is 1. The second-order valence-corrected chi connectivity index (χ2v) is 8.30. The first-order valence-electron chi connectivity index (χ1n) is 8.90. The highest BCUT2D eigenvalue weighted by Crippen LogP contribution is 2.27. The molecule has 1 atom stereocenters. The van der Waals surface area contributed by atoms with Crippen LogP contribution in [0, 0.1) is 0 Å². The maximum Gasteiger partial charge on any atom is 0.244 e. The Kier molecular flexibility index (Phi) is 6.98. The van der Waals surface area contributed by atoms with Gasteiger partial charge in [-0.05, 0) is 32.3 Å². The number of carbonyl (C=O) groups is 1. The third kappa shape index (κ3) is 5.52. The first-order chi connectivity index (χ1) is 11.9. The van der Waals surface area contributed by atoms with Crippen LogP contribution in [0.5, 0.6) is 0 Å². The monoisotopic (exact) mass is 367 g/mol. The fraction of sp³-hybridized carbons (Fsp3) is 0.611. The van der Waals surface area contributed by atoms with Crippen LogP contribution in [-0.2, 0) is 14.8 Å². The third-order valence-corrected chi connectivity index (χ3v) is 5.46. The van der Waals surface area contributed by atoms with Crippen molar-refractivity contribution in [1.29, 1.82) is 0 Å². The first kappa shape index (κ1) is 19.9. The Labute approximate surface area is 151 Å². The molecule has 0 aliphatic carbocycles. The smallest absolute Gasteiger partial charge is 0.244 e. The van der Waals surface area contributed by atoms with Gasteiger partial charge in [-0.15, -0.1) is 0 Å². The summed E-state index contributed by atoms with van der Waals surface area (Å²) in [4.78, 5) is 17.1.